The number of carbonyl (C=O) groups excluding carboxylic acids is 2. The van der Waals surface area contributed by atoms with Crippen molar-refractivity contribution in [3.8, 4) is 6.07 Å². The normalized spacial score (nSPS) is 20.1. The smallest absolute Gasteiger partial charge is 0.268 e. The summed E-state index contributed by atoms with van der Waals surface area (Å²) in [5.74, 6) is -4.32. The lowest BCUT2D eigenvalue weighted by Crippen LogP contribution is -2.45. The van der Waals surface area contributed by atoms with Gasteiger partial charge in [0, 0.05) is 63.5 Å². The van der Waals surface area contributed by atoms with Crippen LogP contribution in [-0.2, 0) is 4.79 Å². The van der Waals surface area contributed by atoms with Gasteiger partial charge in [0.25, 0.3) is 11.8 Å². The van der Waals surface area contributed by atoms with Gasteiger partial charge in [0.05, 0.1) is 30.2 Å². The molecule has 2 saturated heterocycles. The van der Waals surface area contributed by atoms with Gasteiger partial charge in [-0.25, -0.2) is 8.78 Å². The molecule has 1 aromatic heterocycles. The monoisotopic (exact) mass is 513 g/mol. The van der Waals surface area contributed by atoms with Crippen LogP contribution in [0.15, 0.2) is 30.5 Å². The van der Waals surface area contributed by atoms with Crippen LogP contribution >= 0.6 is 0 Å². The van der Waals surface area contributed by atoms with Gasteiger partial charge in [-0.05, 0) is 44.3 Å². The molecule has 0 spiro atoms. The van der Waals surface area contributed by atoms with Crippen molar-refractivity contribution in [2.24, 2.45) is 0 Å². The topological polar surface area (TPSA) is 95.8 Å². The molecule has 0 aliphatic carbocycles. The first-order valence-corrected chi connectivity index (χ1v) is 12.5. The molecule has 0 bridgehead atoms. The van der Waals surface area contributed by atoms with E-state index in [2.05, 4.69) is 32.0 Å². The quantitative estimate of drug-likeness (QED) is 0.575. The second kappa shape index (κ2) is 11.4. The van der Waals surface area contributed by atoms with Crippen LogP contribution in [0.5, 0.6) is 0 Å². The predicted octanol–water partition coefficient (Wildman–Crippen LogP) is 1.80. The number of pyridine rings is 1. The third-order valence-electron chi connectivity index (χ3n) is 7.11. The van der Waals surface area contributed by atoms with Crippen molar-refractivity contribution in [2.45, 2.75) is 24.8 Å². The standard InChI is InChI=1S/C26H33F2N7O2/c1-32-10-12-34(13-11-32)9-3-8-33(2)19-4-5-23-22(14-19)21(6-7-30-23)25(37)31-17-24(36)35-18-26(27,28)15-20(35)16-29/h4-7,14,20H,3,8-13,15,17-18H2,1-2H3,(H,31,37)/t20-/m0/s1. The first kappa shape index (κ1) is 26.7. The number of benzene rings is 1. The van der Waals surface area contributed by atoms with E-state index in [0.717, 1.165) is 56.3 Å². The Kier molecular flexibility index (Phi) is 8.19. The number of nitrogens with zero attached hydrogens (tertiary/aromatic N) is 6. The van der Waals surface area contributed by atoms with Gasteiger partial charge in [0.1, 0.15) is 6.04 Å². The number of carbonyl (C=O) groups is 2. The first-order chi connectivity index (χ1) is 17.7. The van der Waals surface area contributed by atoms with Crippen molar-refractivity contribution in [3.05, 3.63) is 36.0 Å². The number of alkyl halides is 2. The number of likely N-dealkylation sites (tertiary alicyclic amines) is 1. The Morgan fingerprint density at radius 2 is 2.00 bits per heavy atom. The summed E-state index contributed by atoms with van der Waals surface area (Å²) < 4.78 is 27.3. The summed E-state index contributed by atoms with van der Waals surface area (Å²) in [7, 11) is 4.16. The molecule has 2 aliphatic rings. The molecule has 1 N–H and O–H groups in total. The zero-order valence-electron chi connectivity index (χ0n) is 21.3. The predicted molar refractivity (Wildman–Crippen MR) is 137 cm³/mol. The number of hydrogen-bond acceptors (Lipinski definition) is 7. The van der Waals surface area contributed by atoms with E-state index < -0.39 is 43.3 Å². The number of halogens is 2. The number of hydrogen-bond donors (Lipinski definition) is 1. The van der Waals surface area contributed by atoms with Crippen molar-refractivity contribution in [3.63, 3.8) is 0 Å². The molecule has 198 valence electrons. The van der Waals surface area contributed by atoms with E-state index in [1.54, 1.807) is 12.1 Å². The molecule has 2 aliphatic heterocycles. The van der Waals surface area contributed by atoms with Crippen molar-refractivity contribution in [2.75, 3.05) is 71.4 Å². The van der Waals surface area contributed by atoms with Gasteiger partial charge in [-0.3, -0.25) is 14.6 Å². The second-order valence-electron chi connectivity index (χ2n) is 9.89. The molecule has 2 aromatic rings. The minimum Gasteiger partial charge on any atom is -0.375 e. The first-order valence-electron chi connectivity index (χ1n) is 12.5. The van der Waals surface area contributed by atoms with Crippen molar-refractivity contribution < 1.29 is 18.4 Å². The molecule has 0 radical (unpaired) electrons. The number of rotatable bonds is 8. The van der Waals surface area contributed by atoms with Crippen LogP contribution in [0.2, 0.25) is 0 Å². The maximum absolute atomic E-state index is 13.7. The summed E-state index contributed by atoms with van der Waals surface area (Å²) in [5.41, 5.74) is 1.92. The number of nitrogens with one attached hydrogen (secondary N) is 1. The Labute approximate surface area is 215 Å². The lowest BCUT2D eigenvalue weighted by atomic mass is 10.1. The van der Waals surface area contributed by atoms with Gasteiger partial charge in [-0.1, -0.05) is 0 Å². The Morgan fingerprint density at radius 3 is 2.73 bits per heavy atom. The highest BCUT2D eigenvalue weighted by Gasteiger charge is 2.47. The Morgan fingerprint density at radius 1 is 1.24 bits per heavy atom. The van der Waals surface area contributed by atoms with Gasteiger partial charge >= 0.3 is 0 Å². The molecule has 9 nitrogen and oxygen atoms in total. The minimum atomic E-state index is -3.10. The van der Waals surface area contributed by atoms with E-state index in [1.165, 1.54) is 6.20 Å². The van der Waals surface area contributed by atoms with Gasteiger partial charge in [0.2, 0.25) is 5.91 Å². The van der Waals surface area contributed by atoms with Crippen LogP contribution in [0.4, 0.5) is 14.5 Å². The molecule has 3 heterocycles. The zero-order valence-corrected chi connectivity index (χ0v) is 21.3. The summed E-state index contributed by atoms with van der Waals surface area (Å²) >= 11 is 0. The average molecular weight is 514 g/mol. The maximum Gasteiger partial charge on any atom is 0.268 e. The van der Waals surface area contributed by atoms with E-state index in [4.69, 9.17) is 5.26 Å². The Balaban J connectivity index is 1.38. The van der Waals surface area contributed by atoms with Gasteiger partial charge in [0.15, 0.2) is 0 Å². The van der Waals surface area contributed by atoms with E-state index in [1.807, 2.05) is 25.2 Å². The van der Waals surface area contributed by atoms with E-state index in [-0.39, 0.29) is 0 Å². The van der Waals surface area contributed by atoms with Crippen LogP contribution in [0.1, 0.15) is 23.2 Å². The Bertz CT molecular complexity index is 1180. The van der Waals surface area contributed by atoms with Crippen LogP contribution in [0, 0.1) is 11.3 Å². The third-order valence-corrected chi connectivity index (χ3v) is 7.11. The highest BCUT2D eigenvalue weighted by molar-refractivity contribution is 6.07. The molecule has 2 amide bonds. The van der Waals surface area contributed by atoms with Gasteiger partial charge in [-0.2, -0.15) is 5.26 Å². The number of piperazine rings is 1. The molecular weight excluding hydrogens is 480 g/mol. The van der Waals surface area contributed by atoms with E-state index in [9.17, 15) is 18.4 Å². The molecule has 1 atom stereocenters. The van der Waals surface area contributed by atoms with Crippen LogP contribution < -0.4 is 10.2 Å². The zero-order chi connectivity index (χ0) is 26.6. The molecule has 4 rings (SSSR count). The van der Waals surface area contributed by atoms with Crippen molar-refractivity contribution in [1.29, 1.82) is 5.26 Å². The molecule has 2 fully saturated rings. The third kappa shape index (κ3) is 6.50. The molecule has 1 aromatic carbocycles. The highest BCUT2D eigenvalue weighted by Crippen LogP contribution is 2.31. The van der Waals surface area contributed by atoms with Gasteiger partial charge < -0.3 is 24.9 Å². The highest BCUT2D eigenvalue weighted by atomic mass is 19.3. The minimum absolute atomic E-state index is 0.342. The molecule has 11 heteroatoms. The van der Waals surface area contributed by atoms with Crippen molar-refractivity contribution >= 4 is 28.4 Å². The fraction of sp³-hybridized carbons (Fsp3) is 0.538. The van der Waals surface area contributed by atoms with Crippen LogP contribution in [0.25, 0.3) is 10.9 Å². The Hall–Kier alpha value is -3.36. The maximum atomic E-state index is 13.7. The number of nitriles is 1. The van der Waals surface area contributed by atoms with Crippen LogP contribution in [0.3, 0.4) is 0 Å². The van der Waals surface area contributed by atoms with E-state index >= 15 is 0 Å². The SMILES string of the molecule is CN1CCN(CCCN(C)c2ccc3nccc(C(=O)NCC(=O)N4CC(F)(F)C[C@H]4C#N)c3c2)CC1. The average Bonchev–Trinajstić information content (AvgIpc) is 3.22. The van der Waals surface area contributed by atoms with Crippen LogP contribution in [-0.4, -0.2) is 110 Å². The summed E-state index contributed by atoms with van der Waals surface area (Å²) in [6, 6.07) is 7.84. The molecule has 37 heavy (non-hydrogen) atoms. The number of amides is 2. The van der Waals surface area contributed by atoms with E-state index in [0.29, 0.717) is 16.5 Å². The summed E-state index contributed by atoms with van der Waals surface area (Å²) in [6.07, 6.45) is 1.84. The molecule has 0 unspecified atom stereocenters. The summed E-state index contributed by atoms with van der Waals surface area (Å²) in [4.78, 5) is 37.6. The lowest BCUT2D eigenvalue weighted by molar-refractivity contribution is -0.131. The van der Waals surface area contributed by atoms with Gasteiger partial charge in [-0.15, -0.1) is 0 Å². The number of likely N-dealkylation sites (N-methyl/N-ethyl adjacent to an activating group) is 1. The number of aromatic nitrogens is 1. The number of anilines is 1. The summed E-state index contributed by atoms with van der Waals surface area (Å²) in [5, 5.41) is 12.3. The fourth-order valence-corrected chi connectivity index (χ4v) is 4.85. The van der Waals surface area contributed by atoms with Crippen molar-refractivity contribution in [1.82, 2.24) is 25.0 Å². The fourth-order valence-electron chi connectivity index (χ4n) is 4.85. The largest absolute Gasteiger partial charge is 0.375 e. The lowest BCUT2D eigenvalue weighted by Gasteiger charge is -2.32. The summed E-state index contributed by atoms with van der Waals surface area (Å²) in [6.45, 7) is 4.95. The number of fused-ring (bicyclic) bond motifs is 1. The second-order valence-corrected chi connectivity index (χ2v) is 9.89. The molecular formula is C26H33F2N7O2. The molecule has 0 saturated carbocycles.